The highest BCUT2D eigenvalue weighted by Crippen LogP contribution is 2.28. The smallest absolute Gasteiger partial charge is 0.266 e. The van der Waals surface area contributed by atoms with Crippen LogP contribution in [-0.4, -0.2) is 36.9 Å². The molecule has 29 heavy (non-hydrogen) atoms. The monoisotopic (exact) mass is 418 g/mol. The summed E-state index contributed by atoms with van der Waals surface area (Å²) in [6.45, 7) is 7.73. The van der Waals surface area contributed by atoms with Crippen molar-refractivity contribution in [2.45, 2.75) is 27.7 Å². The fourth-order valence-corrected chi connectivity index (χ4v) is 3.18. The Morgan fingerprint density at radius 1 is 1.24 bits per heavy atom. The highest BCUT2D eigenvalue weighted by atomic mass is 32.1. The number of nitrogens with one attached hydrogen (secondary N) is 2. The fourth-order valence-electron chi connectivity index (χ4n) is 2.30. The van der Waals surface area contributed by atoms with Crippen LogP contribution in [0.2, 0.25) is 0 Å². The number of ether oxygens (including phenoxy) is 2. The van der Waals surface area contributed by atoms with Crippen molar-refractivity contribution in [1.29, 1.82) is 0 Å². The number of likely N-dealkylation sites (N-methyl/N-ethyl adjacent to an activating group) is 1. The lowest BCUT2D eigenvalue weighted by Crippen LogP contribution is -2.28. The minimum Gasteiger partial charge on any atom is -0.493 e. The standard InChI is InChI=1S/C21H26N2O5S/c1-6-22-18(25)12-28-14-8-7-13(9-15(14)27-5)10-16-20(26)23-19(29-16)11-17(24)21(2,3)4/h7-11H,6,12H2,1-5H3,(H,22,25)(H,23,26). The summed E-state index contributed by atoms with van der Waals surface area (Å²) in [5.41, 5.74) is -0.0473. The molecule has 1 aromatic heterocycles. The van der Waals surface area contributed by atoms with Gasteiger partial charge in [0.25, 0.3) is 11.5 Å². The van der Waals surface area contributed by atoms with Crippen molar-refractivity contribution in [3.8, 4) is 11.5 Å². The van der Waals surface area contributed by atoms with E-state index < -0.39 is 5.41 Å². The molecule has 0 unspecified atom stereocenters. The third kappa shape index (κ3) is 6.32. The van der Waals surface area contributed by atoms with E-state index in [0.29, 0.717) is 27.2 Å². The predicted molar refractivity (Wildman–Crippen MR) is 114 cm³/mol. The summed E-state index contributed by atoms with van der Waals surface area (Å²) >= 11 is 1.21. The van der Waals surface area contributed by atoms with Crippen LogP contribution in [0.3, 0.4) is 0 Å². The van der Waals surface area contributed by atoms with Crippen molar-refractivity contribution in [2.75, 3.05) is 20.3 Å². The Morgan fingerprint density at radius 3 is 2.59 bits per heavy atom. The Kier molecular flexibility index (Phi) is 7.39. The molecule has 1 heterocycles. The molecule has 1 amide bonds. The average Bonchev–Trinajstić information content (AvgIpc) is 2.98. The molecule has 0 spiro atoms. The van der Waals surface area contributed by atoms with E-state index in [2.05, 4.69) is 10.3 Å². The first kappa shape index (κ1) is 22.4. The summed E-state index contributed by atoms with van der Waals surface area (Å²) in [7, 11) is 1.50. The van der Waals surface area contributed by atoms with E-state index in [1.807, 2.05) is 27.7 Å². The maximum absolute atomic E-state index is 12.2. The number of Topliss-reactive ketones (excluding diaryl/α,β-unsaturated/α-hetero) is 1. The SMILES string of the molecule is CCNC(=O)COc1ccc(C=c2sc(=CC(=O)C(C)(C)C)[nH]c2=O)cc1OC. The Bertz CT molecular complexity index is 1060. The molecule has 0 aliphatic heterocycles. The first-order valence-electron chi connectivity index (χ1n) is 9.18. The molecule has 0 aliphatic carbocycles. The van der Waals surface area contributed by atoms with Crippen molar-refractivity contribution in [3.05, 3.63) is 43.3 Å². The first-order valence-corrected chi connectivity index (χ1v) is 10.00. The number of H-pyrrole nitrogens is 1. The molecule has 0 aliphatic rings. The predicted octanol–water partition coefficient (Wildman–Crippen LogP) is 1.18. The molecule has 0 bridgehead atoms. The van der Waals surface area contributed by atoms with Gasteiger partial charge in [-0.15, -0.1) is 11.3 Å². The Balaban J connectivity index is 2.31. The molecule has 2 aromatic rings. The molecular formula is C21H26N2O5S. The second-order valence-corrected chi connectivity index (χ2v) is 8.42. The molecule has 0 atom stereocenters. The molecule has 2 N–H and O–H groups in total. The summed E-state index contributed by atoms with van der Waals surface area (Å²) in [4.78, 5) is 38.6. The van der Waals surface area contributed by atoms with Crippen molar-refractivity contribution < 1.29 is 19.1 Å². The zero-order valence-corrected chi connectivity index (χ0v) is 18.1. The number of aromatic nitrogens is 1. The summed E-state index contributed by atoms with van der Waals surface area (Å²) < 4.78 is 11.8. The molecule has 7 nitrogen and oxygen atoms in total. The van der Waals surface area contributed by atoms with Crippen LogP contribution in [0.1, 0.15) is 33.3 Å². The molecule has 8 heteroatoms. The van der Waals surface area contributed by atoms with Crippen LogP contribution in [0.5, 0.6) is 11.5 Å². The van der Waals surface area contributed by atoms with E-state index >= 15 is 0 Å². The fraction of sp³-hybridized carbons (Fsp3) is 0.381. The molecule has 0 saturated heterocycles. The minimum absolute atomic E-state index is 0.0585. The van der Waals surface area contributed by atoms with E-state index in [-0.39, 0.29) is 23.9 Å². The maximum Gasteiger partial charge on any atom is 0.266 e. The van der Waals surface area contributed by atoms with Gasteiger partial charge in [0.15, 0.2) is 23.9 Å². The number of benzene rings is 1. The van der Waals surface area contributed by atoms with Gasteiger partial charge in [0.2, 0.25) is 0 Å². The molecule has 156 valence electrons. The Labute approximate surface area is 173 Å². The molecule has 0 radical (unpaired) electrons. The van der Waals surface area contributed by atoms with Crippen LogP contribution in [0.25, 0.3) is 12.2 Å². The number of thiazole rings is 1. The number of methoxy groups -OCH3 is 1. The van der Waals surface area contributed by atoms with E-state index in [1.165, 1.54) is 24.5 Å². The van der Waals surface area contributed by atoms with E-state index in [9.17, 15) is 14.4 Å². The lowest BCUT2D eigenvalue weighted by Gasteiger charge is -2.12. The number of hydrogen-bond donors (Lipinski definition) is 2. The van der Waals surface area contributed by atoms with E-state index in [1.54, 1.807) is 24.3 Å². The number of amides is 1. The van der Waals surface area contributed by atoms with Gasteiger partial charge in [0.1, 0.15) is 0 Å². The van der Waals surface area contributed by atoms with Crippen molar-refractivity contribution >= 4 is 35.2 Å². The Hall–Kier alpha value is -2.87. The lowest BCUT2D eigenvalue weighted by molar-refractivity contribution is -0.123. The van der Waals surface area contributed by atoms with Crippen LogP contribution in [-0.2, 0) is 9.59 Å². The first-order chi connectivity index (χ1) is 13.6. The summed E-state index contributed by atoms with van der Waals surface area (Å²) in [6, 6.07) is 5.16. The summed E-state index contributed by atoms with van der Waals surface area (Å²) in [6.07, 6.45) is 3.17. The zero-order chi connectivity index (χ0) is 21.6. The van der Waals surface area contributed by atoms with Crippen molar-refractivity contribution in [3.63, 3.8) is 0 Å². The van der Waals surface area contributed by atoms with E-state index in [0.717, 1.165) is 5.56 Å². The van der Waals surface area contributed by atoms with Crippen molar-refractivity contribution in [1.82, 2.24) is 10.3 Å². The second kappa shape index (κ2) is 9.56. The van der Waals surface area contributed by atoms with Crippen LogP contribution in [0.4, 0.5) is 0 Å². The highest BCUT2D eigenvalue weighted by Gasteiger charge is 2.18. The number of carbonyl (C=O) groups excluding carboxylic acids is 2. The van der Waals surface area contributed by atoms with Gasteiger partial charge in [-0.25, -0.2) is 0 Å². The van der Waals surface area contributed by atoms with Gasteiger partial charge in [-0.1, -0.05) is 26.8 Å². The number of aromatic amines is 1. The van der Waals surface area contributed by atoms with Gasteiger partial charge in [-0.05, 0) is 30.7 Å². The largest absolute Gasteiger partial charge is 0.493 e. The van der Waals surface area contributed by atoms with Gasteiger partial charge in [0, 0.05) is 18.0 Å². The van der Waals surface area contributed by atoms with Crippen molar-refractivity contribution in [2.24, 2.45) is 5.41 Å². The number of hydrogen-bond acceptors (Lipinski definition) is 6. The number of rotatable bonds is 7. The van der Waals surface area contributed by atoms with Crippen LogP contribution in [0.15, 0.2) is 23.0 Å². The second-order valence-electron chi connectivity index (χ2n) is 7.34. The minimum atomic E-state index is -0.512. The summed E-state index contributed by atoms with van der Waals surface area (Å²) in [5, 5.41) is 2.65. The average molecular weight is 419 g/mol. The molecule has 0 saturated carbocycles. The molecule has 2 rings (SSSR count). The van der Waals surface area contributed by atoms with Gasteiger partial charge < -0.3 is 19.8 Å². The number of ketones is 1. The van der Waals surface area contributed by atoms with Gasteiger partial charge in [0.05, 0.1) is 16.3 Å². The van der Waals surface area contributed by atoms with E-state index in [4.69, 9.17) is 9.47 Å². The van der Waals surface area contributed by atoms with Gasteiger partial charge in [-0.3, -0.25) is 14.4 Å². The lowest BCUT2D eigenvalue weighted by atomic mass is 9.91. The third-order valence-corrected chi connectivity index (χ3v) is 4.86. The molecule has 0 fully saturated rings. The quantitative estimate of drug-likeness (QED) is 0.704. The van der Waals surface area contributed by atoms with Gasteiger partial charge in [-0.2, -0.15) is 0 Å². The zero-order valence-electron chi connectivity index (χ0n) is 17.3. The molecule has 1 aromatic carbocycles. The van der Waals surface area contributed by atoms with Crippen LogP contribution >= 0.6 is 11.3 Å². The topological polar surface area (TPSA) is 97.5 Å². The maximum atomic E-state index is 12.2. The molecular weight excluding hydrogens is 392 g/mol. The summed E-state index contributed by atoms with van der Waals surface area (Å²) in [5.74, 6) is 0.604. The number of carbonyl (C=O) groups is 2. The normalized spacial score (nSPS) is 12.7. The highest BCUT2D eigenvalue weighted by molar-refractivity contribution is 7.07. The van der Waals surface area contributed by atoms with Gasteiger partial charge >= 0.3 is 0 Å². The Morgan fingerprint density at radius 2 is 1.97 bits per heavy atom. The van der Waals surface area contributed by atoms with Crippen LogP contribution in [0, 0.1) is 5.41 Å². The van der Waals surface area contributed by atoms with Crippen LogP contribution < -0.4 is 29.5 Å². The third-order valence-electron chi connectivity index (χ3n) is 3.90.